The zero-order valence-electron chi connectivity index (χ0n) is 12.3. The van der Waals surface area contributed by atoms with Gasteiger partial charge in [-0.3, -0.25) is 4.79 Å². The number of nitrogens with one attached hydrogen (secondary N) is 1. The average Bonchev–Trinajstić information content (AvgIpc) is 3.00. The number of hydrogen-bond donors (Lipinski definition) is 1. The molecule has 0 unspecified atom stereocenters. The van der Waals surface area contributed by atoms with Crippen LogP contribution in [0.15, 0.2) is 0 Å². The Balaban J connectivity index is 1.72. The highest BCUT2D eigenvalue weighted by molar-refractivity contribution is 7.13. The predicted octanol–water partition coefficient (Wildman–Crippen LogP) is 2.09. The number of nitrogens with zero attached hydrogens (tertiary/aromatic N) is 2. The first-order valence-corrected chi connectivity index (χ1v) is 8.47. The highest BCUT2D eigenvalue weighted by Gasteiger charge is 2.32. The van der Waals surface area contributed by atoms with Gasteiger partial charge in [0.1, 0.15) is 4.88 Å². The third kappa shape index (κ3) is 2.61. The van der Waals surface area contributed by atoms with E-state index >= 15 is 0 Å². The van der Waals surface area contributed by atoms with Gasteiger partial charge < -0.3 is 10.2 Å². The van der Waals surface area contributed by atoms with Gasteiger partial charge in [-0.25, -0.2) is 4.98 Å². The molecule has 110 valence electrons. The summed E-state index contributed by atoms with van der Waals surface area (Å²) in [7, 11) is 0. The Kier molecular flexibility index (Phi) is 4.08. The Morgan fingerprint density at radius 1 is 1.35 bits per heavy atom. The lowest BCUT2D eigenvalue weighted by Crippen LogP contribution is -2.32. The summed E-state index contributed by atoms with van der Waals surface area (Å²) in [6.07, 6.45) is 3.19. The minimum atomic E-state index is 0.202. The summed E-state index contributed by atoms with van der Waals surface area (Å²) in [5, 5.41) is 4.55. The van der Waals surface area contributed by atoms with Crippen molar-refractivity contribution < 1.29 is 4.79 Å². The van der Waals surface area contributed by atoms with Crippen LogP contribution in [0.1, 0.15) is 40.1 Å². The predicted molar refractivity (Wildman–Crippen MR) is 81.2 cm³/mol. The fourth-order valence-corrected chi connectivity index (χ4v) is 4.34. The molecule has 4 nitrogen and oxygen atoms in total. The van der Waals surface area contributed by atoms with E-state index in [0.717, 1.165) is 72.9 Å². The molecule has 1 aromatic heterocycles. The van der Waals surface area contributed by atoms with Crippen molar-refractivity contribution in [2.75, 3.05) is 26.2 Å². The first kappa shape index (κ1) is 14.0. The van der Waals surface area contributed by atoms with Crippen LogP contribution in [0.25, 0.3) is 0 Å². The number of amides is 1. The second kappa shape index (κ2) is 5.82. The number of fused-ring (bicyclic) bond motifs is 1. The molecule has 2 fully saturated rings. The molecule has 0 aliphatic carbocycles. The van der Waals surface area contributed by atoms with Crippen molar-refractivity contribution in [1.82, 2.24) is 15.2 Å². The smallest absolute Gasteiger partial charge is 0.265 e. The van der Waals surface area contributed by atoms with Crippen LogP contribution in [-0.4, -0.2) is 42.0 Å². The summed E-state index contributed by atoms with van der Waals surface area (Å²) in [4.78, 5) is 20.1. The molecule has 3 heterocycles. The summed E-state index contributed by atoms with van der Waals surface area (Å²) >= 11 is 1.57. The third-order valence-electron chi connectivity index (χ3n) is 4.64. The van der Waals surface area contributed by atoms with E-state index in [1.54, 1.807) is 11.3 Å². The van der Waals surface area contributed by atoms with Crippen molar-refractivity contribution in [3.63, 3.8) is 0 Å². The first-order valence-electron chi connectivity index (χ1n) is 7.65. The number of carbonyl (C=O) groups is 1. The molecule has 0 bridgehead atoms. The molecule has 0 spiro atoms. The van der Waals surface area contributed by atoms with Crippen LogP contribution in [0, 0.1) is 18.8 Å². The summed E-state index contributed by atoms with van der Waals surface area (Å²) in [6, 6.07) is 0. The molecule has 1 amide bonds. The van der Waals surface area contributed by atoms with Gasteiger partial charge in [0.05, 0.1) is 10.7 Å². The molecule has 20 heavy (non-hydrogen) atoms. The molecule has 2 aliphatic heterocycles. The third-order valence-corrected chi connectivity index (χ3v) is 5.93. The van der Waals surface area contributed by atoms with Gasteiger partial charge in [-0.05, 0) is 51.1 Å². The minimum absolute atomic E-state index is 0.202. The SMILES string of the molecule is CCc1nc(C)c(C(=O)N2CC[C@@H]3CNC[C@@H]3CC2)s1. The molecule has 1 aromatic rings. The Labute approximate surface area is 124 Å². The number of rotatable bonds is 2. The number of hydrogen-bond acceptors (Lipinski definition) is 4. The molecule has 0 saturated carbocycles. The van der Waals surface area contributed by atoms with Gasteiger partial charge in [-0.1, -0.05) is 6.92 Å². The van der Waals surface area contributed by atoms with Crippen molar-refractivity contribution >= 4 is 17.2 Å². The van der Waals surface area contributed by atoms with Crippen LogP contribution in [-0.2, 0) is 6.42 Å². The minimum Gasteiger partial charge on any atom is -0.338 e. The largest absolute Gasteiger partial charge is 0.338 e. The van der Waals surface area contributed by atoms with Gasteiger partial charge in [0.25, 0.3) is 5.91 Å². The Morgan fingerprint density at radius 2 is 2.00 bits per heavy atom. The first-order chi connectivity index (χ1) is 9.69. The Bertz CT molecular complexity index is 485. The van der Waals surface area contributed by atoms with E-state index in [1.807, 2.05) is 6.92 Å². The summed E-state index contributed by atoms with van der Waals surface area (Å²) in [6.45, 7) is 8.12. The molecule has 5 heteroatoms. The van der Waals surface area contributed by atoms with Crippen molar-refractivity contribution in [3.05, 3.63) is 15.6 Å². The number of aryl methyl sites for hydroxylation is 2. The van der Waals surface area contributed by atoms with Crippen LogP contribution in [0.2, 0.25) is 0 Å². The van der Waals surface area contributed by atoms with Gasteiger partial charge in [0.2, 0.25) is 0 Å². The second-order valence-corrected chi connectivity index (χ2v) is 7.01. The van der Waals surface area contributed by atoms with Crippen LogP contribution in [0.3, 0.4) is 0 Å². The summed E-state index contributed by atoms with van der Waals surface area (Å²) < 4.78 is 0. The second-order valence-electron chi connectivity index (χ2n) is 5.92. The fraction of sp³-hybridized carbons (Fsp3) is 0.733. The van der Waals surface area contributed by atoms with E-state index in [9.17, 15) is 4.79 Å². The van der Waals surface area contributed by atoms with Crippen LogP contribution in [0.5, 0.6) is 0 Å². The van der Waals surface area contributed by atoms with E-state index in [2.05, 4.69) is 22.1 Å². The van der Waals surface area contributed by atoms with Crippen molar-refractivity contribution in [3.8, 4) is 0 Å². The monoisotopic (exact) mass is 293 g/mol. The zero-order valence-corrected chi connectivity index (χ0v) is 13.1. The fourth-order valence-electron chi connectivity index (χ4n) is 3.37. The average molecular weight is 293 g/mol. The Morgan fingerprint density at radius 3 is 2.55 bits per heavy atom. The lowest BCUT2D eigenvalue weighted by molar-refractivity contribution is 0.0762. The van der Waals surface area contributed by atoms with Crippen molar-refractivity contribution in [1.29, 1.82) is 0 Å². The number of carbonyl (C=O) groups excluding carboxylic acids is 1. The van der Waals surface area contributed by atoms with E-state index in [1.165, 1.54) is 0 Å². The number of thiazole rings is 1. The van der Waals surface area contributed by atoms with Crippen molar-refractivity contribution in [2.24, 2.45) is 11.8 Å². The lowest BCUT2D eigenvalue weighted by atomic mass is 9.92. The highest BCUT2D eigenvalue weighted by atomic mass is 32.1. The summed E-state index contributed by atoms with van der Waals surface area (Å²) in [5.74, 6) is 1.73. The number of aromatic nitrogens is 1. The molecule has 1 N–H and O–H groups in total. The molecular weight excluding hydrogens is 270 g/mol. The topological polar surface area (TPSA) is 45.2 Å². The van der Waals surface area contributed by atoms with Crippen LogP contribution < -0.4 is 5.32 Å². The van der Waals surface area contributed by atoms with E-state index in [4.69, 9.17) is 0 Å². The normalized spacial score (nSPS) is 26.4. The van der Waals surface area contributed by atoms with Gasteiger partial charge in [-0.2, -0.15) is 0 Å². The maximum atomic E-state index is 12.7. The van der Waals surface area contributed by atoms with E-state index in [-0.39, 0.29) is 5.91 Å². The van der Waals surface area contributed by atoms with Crippen molar-refractivity contribution in [2.45, 2.75) is 33.1 Å². The van der Waals surface area contributed by atoms with E-state index in [0.29, 0.717) is 0 Å². The molecule has 3 rings (SSSR count). The van der Waals surface area contributed by atoms with Crippen LogP contribution in [0.4, 0.5) is 0 Å². The van der Waals surface area contributed by atoms with E-state index < -0.39 is 0 Å². The summed E-state index contributed by atoms with van der Waals surface area (Å²) in [5.41, 5.74) is 0.906. The lowest BCUT2D eigenvalue weighted by Gasteiger charge is -2.20. The highest BCUT2D eigenvalue weighted by Crippen LogP contribution is 2.29. The molecule has 0 radical (unpaired) electrons. The molecule has 2 aliphatic rings. The maximum Gasteiger partial charge on any atom is 0.265 e. The zero-order chi connectivity index (χ0) is 14.1. The van der Waals surface area contributed by atoms with Gasteiger partial charge >= 0.3 is 0 Å². The molecule has 0 aromatic carbocycles. The van der Waals surface area contributed by atoms with Crippen LogP contribution >= 0.6 is 11.3 Å². The van der Waals surface area contributed by atoms with Gasteiger partial charge in [0.15, 0.2) is 0 Å². The number of likely N-dealkylation sites (tertiary alicyclic amines) is 1. The molecular formula is C15H23N3OS. The quantitative estimate of drug-likeness (QED) is 0.908. The van der Waals surface area contributed by atoms with Gasteiger partial charge in [0, 0.05) is 13.1 Å². The maximum absolute atomic E-state index is 12.7. The standard InChI is InChI=1S/C15H23N3OS/c1-3-13-17-10(2)14(20-13)15(19)18-6-4-11-8-16-9-12(11)5-7-18/h11-12,16H,3-9H2,1-2H3/t11-,12+. The molecule has 2 saturated heterocycles. The van der Waals surface area contributed by atoms with Gasteiger partial charge in [-0.15, -0.1) is 11.3 Å². The molecule has 2 atom stereocenters. The Hall–Kier alpha value is -0.940.